The summed E-state index contributed by atoms with van der Waals surface area (Å²) in [7, 11) is 0. The van der Waals surface area contributed by atoms with Crippen LogP contribution in [0.3, 0.4) is 0 Å². The van der Waals surface area contributed by atoms with Gasteiger partial charge < -0.3 is 20.6 Å². The Morgan fingerprint density at radius 2 is 1.05 bits per heavy atom. The highest BCUT2D eigenvalue weighted by molar-refractivity contribution is 5.76. The van der Waals surface area contributed by atoms with Crippen LogP contribution in [0, 0.1) is 0 Å². The number of aliphatic hydroxyl groups is 3. The summed E-state index contributed by atoms with van der Waals surface area (Å²) in [5.74, 6) is -0.346. The third-order valence-electron chi connectivity index (χ3n) is 7.78. The summed E-state index contributed by atoms with van der Waals surface area (Å²) in [6.45, 7) is 4.12. The fraction of sp³-hybridized carbons (Fsp3) is 0.718. The van der Waals surface area contributed by atoms with Crippen molar-refractivity contribution in [2.45, 2.75) is 173 Å². The van der Waals surface area contributed by atoms with Gasteiger partial charge in [-0.3, -0.25) is 4.79 Å². The molecule has 0 bridgehead atoms. The van der Waals surface area contributed by atoms with Gasteiger partial charge in [-0.1, -0.05) is 139 Å². The highest BCUT2D eigenvalue weighted by Crippen LogP contribution is 2.11. The molecule has 0 aromatic heterocycles. The van der Waals surface area contributed by atoms with E-state index in [0.29, 0.717) is 6.42 Å². The van der Waals surface area contributed by atoms with Crippen molar-refractivity contribution in [1.82, 2.24) is 5.32 Å². The normalized spacial score (nSPS) is 14.6. The third kappa shape index (κ3) is 30.1. The van der Waals surface area contributed by atoms with Crippen molar-refractivity contribution in [2.75, 3.05) is 6.61 Å². The predicted molar refractivity (Wildman–Crippen MR) is 190 cm³/mol. The predicted octanol–water partition coefficient (Wildman–Crippen LogP) is 9.59. The van der Waals surface area contributed by atoms with Crippen LogP contribution in [-0.2, 0) is 4.79 Å². The Kier molecular flexibility index (Phi) is 32.4. The molecule has 0 aromatic carbocycles. The molecule has 0 aliphatic rings. The minimum atomic E-state index is -0.965. The Balaban J connectivity index is 3.89. The summed E-state index contributed by atoms with van der Waals surface area (Å²) in [4.78, 5) is 12.3. The van der Waals surface area contributed by atoms with Crippen LogP contribution in [0.25, 0.3) is 0 Å². The molecule has 0 heterocycles. The maximum atomic E-state index is 12.3. The van der Waals surface area contributed by atoms with E-state index >= 15 is 0 Å². The molecule has 0 fully saturated rings. The van der Waals surface area contributed by atoms with Gasteiger partial charge in [0.1, 0.15) is 0 Å². The second-order valence-corrected chi connectivity index (χ2v) is 12.1. The van der Waals surface area contributed by atoms with Gasteiger partial charge in [-0.2, -0.15) is 0 Å². The number of hydrogen-bond acceptors (Lipinski definition) is 4. The summed E-state index contributed by atoms with van der Waals surface area (Å²) in [6.07, 6.45) is 43.4. The van der Waals surface area contributed by atoms with Crippen molar-refractivity contribution >= 4 is 5.91 Å². The number of amides is 1. The molecule has 0 aliphatic heterocycles. The number of hydrogen-bond donors (Lipinski definition) is 4. The quantitative estimate of drug-likeness (QED) is 0.0355. The molecule has 0 saturated carbocycles. The van der Waals surface area contributed by atoms with Crippen molar-refractivity contribution in [3.05, 3.63) is 60.8 Å². The summed E-state index contributed by atoms with van der Waals surface area (Å²) >= 11 is 0. The maximum absolute atomic E-state index is 12.3. The van der Waals surface area contributed by atoms with Gasteiger partial charge in [-0.15, -0.1) is 0 Å². The molecule has 44 heavy (non-hydrogen) atoms. The van der Waals surface area contributed by atoms with Gasteiger partial charge in [0.2, 0.25) is 5.91 Å². The molecule has 3 atom stereocenters. The first-order chi connectivity index (χ1) is 21.5. The largest absolute Gasteiger partial charge is 0.394 e. The average molecular weight is 616 g/mol. The maximum Gasteiger partial charge on any atom is 0.222 e. The zero-order valence-corrected chi connectivity index (χ0v) is 28.5. The second-order valence-electron chi connectivity index (χ2n) is 12.1. The lowest BCUT2D eigenvalue weighted by atomic mass is 10.0. The number of unbranched alkanes of at least 4 members (excludes halogenated alkanes) is 15. The van der Waals surface area contributed by atoms with Crippen molar-refractivity contribution in [3.8, 4) is 0 Å². The van der Waals surface area contributed by atoms with Gasteiger partial charge in [-0.25, -0.2) is 0 Å². The molecule has 0 saturated heterocycles. The Bertz CT molecular complexity index is 770. The van der Waals surface area contributed by atoms with E-state index in [1.165, 1.54) is 64.2 Å². The number of aliphatic hydroxyl groups excluding tert-OH is 3. The average Bonchev–Trinajstić information content (AvgIpc) is 3.01. The number of nitrogens with one attached hydrogen (secondary N) is 1. The minimum absolute atomic E-state index is 0.0146. The summed E-state index contributed by atoms with van der Waals surface area (Å²) in [5.41, 5.74) is 0. The molecule has 5 nitrogen and oxygen atoms in total. The van der Waals surface area contributed by atoms with Crippen molar-refractivity contribution in [3.63, 3.8) is 0 Å². The second kappa shape index (κ2) is 33.9. The molecule has 5 heteroatoms. The van der Waals surface area contributed by atoms with Crippen LogP contribution < -0.4 is 5.32 Å². The van der Waals surface area contributed by atoms with Crippen LogP contribution in [0.1, 0.15) is 155 Å². The molecule has 0 spiro atoms. The molecular formula is C39H69NO4. The molecule has 3 unspecified atom stereocenters. The lowest BCUT2D eigenvalue weighted by molar-refractivity contribution is -0.124. The highest BCUT2D eigenvalue weighted by Gasteiger charge is 2.20. The van der Waals surface area contributed by atoms with Crippen LogP contribution in [-0.4, -0.2) is 46.1 Å². The van der Waals surface area contributed by atoms with Gasteiger partial charge in [0, 0.05) is 0 Å². The Hall–Kier alpha value is -1.95. The van der Waals surface area contributed by atoms with Crippen LogP contribution in [0.4, 0.5) is 0 Å². The van der Waals surface area contributed by atoms with Crippen LogP contribution in [0.15, 0.2) is 60.8 Å². The number of carbonyl (C=O) groups excluding carboxylic acids is 1. The van der Waals surface area contributed by atoms with Crippen molar-refractivity contribution in [1.29, 1.82) is 0 Å². The first-order valence-electron chi connectivity index (χ1n) is 18.1. The smallest absolute Gasteiger partial charge is 0.222 e. The van der Waals surface area contributed by atoms with Gasteiger partial charge >= 0.3 is 0 Å². The van der Waals surface area contributed by atoms with E-state index in [9.17, 15) is 20.1 Å². The Labute approximate surface area is 271 Å². The zero-order valence-electron chi connectivity index (χ0n) is 28.5. The lowest BCUT2D eigenvalue weighted by Gasteiger charge is -2.20. The van der Waals surface area contributed by atoms with Crippen LogP contribution in [0.5, 0.6) is 0 Å². The molecular weight excluding hydrogens is 546 g/mol. The molecule has 1 amide bonds. The van der Waals surface area contributed by atoms with E-state index in [4.69, 9.17) is 0 Å². The van der Waals surface area contributed by atoms with Crippen molar-refractivity contribution < 1.29 is 20.1 Å². The van der Waals surface area contributed by atoms with E-state index in [1.807, 2.05) is 6.08 Å². The van der Waals surface area contributed by atoms with E-state index in [0.717, 1.165) is 64.2 Å². The van der Waals surface area contributed by atoms with Crippen molar-refractivity contribution in [2.24, 2.45) is 0 Å². The van der Waals surface area contributed by atoms with E-state index in [-0.39, 0.29) is 18.9 Å². The zero-order chi connectivity index (χ0) is 32.4. The molecule has 254 valence electrons. The number of allylic oxidation sites excluding steroid dienone is 9. The van der Waals surface area contributed by atoms with Gasteiger partial charge in [0.15, 0.2) is 0 Å². The molecule has 0 radical (unpaired) electrons. The lowest BCUT2D eigenvalue weighted by Crippen LogP contribution is -2.45. The van der Waals surface area contributed by atoms with E-state index in [1.54, 1.807) is 6.08 Å². The van der Waals surface area contributed by atoms with Crippen LogP contribution >= 0.6 is 0 Å². The molecule has 4 N–H and O–H groups in total. The van der Waals surface area contributed by atoms with Gasteiger partial charge in [-0.05, 0) is 70.6 Å². The number of rotatable bonds is 31. The fourth-order valence-electron chi connectivity index (χ4n) is 4.95. The topological polar surface area (TPSA) is 89.8 Å². The van der Waals surface area contributed by atoms with Gasteiger partial charge in [0.25, 0.3) is 0 Å². The SMILES string of the molecule is CCCCC/C=C\C=C/CCCCCCC(O)CC(=O)NC(CO)C(O)/C=C/CC/C=C/CC/C=C/CCCCCCCC. The first-order valence-corrected chi connectivity index (χ1v) is 18.1. The summed E-state index contributed by atoms with van der Waals surface area (Å²) < 4.78 is 0. The minimum Gasteiger partial charge on any atom is -0.394 e. The standard InChI is InChI=1S/C39H69NO4/c1-3-5-7-9-11-13-15-17-18-19-21-23-25-27-29-31-33-38(43)37(35-41)40-39(44)34-36(42)32-30-28-26-24-22-20-16-14-12-10-8-6-4-2/h12,14,16-18,20,23,25,31,33,36-38,41-43H,3-11,13,15,19,21-22,24,26-30,32,34-35H2,1-2H3,(H,40,44)/b14-12-,18-17+,20-16-,25-23+,33-31+. The fourth-order valence-corrected chi connectivity index (χ4v) is 4.95. The monoisotopic (exact) mass is 616 g/mol. The van der Waals surface area contributed by atoms with Crippen LogP contribution in [0.2, 0.25) is 0 Å². The molecule has 0 aromatic rings. The van der Waals surface area contributed by atoms with Gasteiger partial charge in [0.05, 0.1) is 31.3 Å². The summed E-state index contributed by atoms with van der Waals surface area (Å²) in [6, 6.07) is -0.774. The highest BCUT2D eigenvalue weighted by atomic mass is 16.3. The first kappa shape index (κ1) is 42.0. The number of carbonyl (C=O) groups is 1. The Morgan fingerprint density at radius 3 is 1.64 bits per heavy atom. The van der Waals surface area contributed by atoms with E-state index in [2.05, 4.69) is 67.8 Å². The van der Waals surface area contributed by atoms with E-state index < -0.39 is 18.2 Å². The molecule has 0 aliphatic carbocycles. The Morgan fingerprint density at radius 1 is 0.591 bits per heavy atom. The third-order valence-corrected chi connectivity index (χ3v) is 7.78. The molecule has 0 rings (SSSR count). The summed E-state index contributed by atoms with van der Waals surface area (Å²) in [5, 5.41) is 33.0.